The highest BCUT2D eigenvalue weighted by atomic mass is 16.3. The van der Waals surface area contributed by atoms with Crippen molar-refractivity contribution in [3.63, 3.8) is 0 Å². The van der Waals surface area contributed by atoms with Gasteiger partial charge in [0.15, 0.2) is 0 Å². The maximum Gasteiger partial charge on any atom is 0.132 e. The molecule has 92 valence electrons. The van der Waals surface area contributed by atoms with E-state index in [0.29, 0.717) is 18.8 Å². The standard InChI is InChI=1S/C14H15N3O/c1-11(18)14-12(5-4-8-17-14)9-15-10-13-6-2-3-7-16-13/h2-7,9,17-18H,1,8,10H2. The second-order valence-corrected chi connectivity index (χ2v) is 3.85. The van der Waals surface area contributed by atoms with Crippen LogP contribution in [0.25, 0.3) is 0 Å². The Kier molecular flexibility index (Phi) is 3.91. The van der Waals surface area contributed by atoms with Crippen molar-refractivity contribution in [1.82, 2.24) is 10.3 Å². The third kappa shape index (κ3) is 3.07. The predicted molar refractivity (Wildman–Crippen MR) is 72.4 cm³/mol. The summed E-state index contributed by atoms with van der Waals surface area (Å²) in [7, 11) is 0. The van der Waals surface area contributed by atoms with Gasteiger partial charge in [-0.1, -0.05) is 24.8 Å². The van der Waals surface area contributed by atoms with Gasteiger partial charge >= 0.3 is 0 Å². The Morgan fingerprint density at radius 1 is 1.56 bits per heavy atom. The molecule has 2 rings (SSSR count). The van der Waals surface area contributed by atoms with E-state index in [9.17, 15) is 5.11 Å². The number of nitrogens with one attached hydrogen (secondary N) is 1. The second-order valence-electron chi connectivity index (χ2n) is 3.85. The van der Waals surface area contributed by atoms with Crippen molar-refractivity contribution in [1.29, 1.82) is 0 Å². The molecule has 4 heteroatoms. The van der Waals surface area contributed by atoms with Crippen molar-refractivity contribution in [2.75, 3.05) is 6.54 Å². The molecule has 0 saturated carbocycles. The fourth-order valence-electron chi connectivity index (χ4n) is 1.64. The normalized spacial score (nSPS) is 14.9. The number of pyridine rings is 1. The molecule has 0 amide bonds. The van der Waals surface area contributed by atoms with Crippen LogP contribution in [-0.4, -0.2) is 22.8 Å². The first-order chi connectivity index (χ1) is 8.77. The van der Waals surface area contributed by atoms with Crippen LogP contribution >= 0.6 is 0 Å². The first-order valence-electron chi connectivity index (χ1n) is 5.70. The van der Waals surface area contributed by atoms with E-state index in [2.05, 4.69) is 21.9 Å². The van der Waals surface area contributed by atoms with E-state index in [1.807, 2.05) is 30.4 Å². The molecule has 0 spiro atoms. The fourth-order valence-corrected chi connectivity index (χ4v) is 1.64. The van der Waals surface area contributed by atoms with E-state index in [-0.39, 0.29) is 5.76 Å². The van der Waals surface area contributed by atoms with Crippen molar-refractivity contribution in [2.45, 2.75) is 6.54 Å². The van der Waals surface area contributed by atoms with Gasteiger partial charge in [-0.05, 0) is 12.1 Å². The Bertz CT molecular complexity index is 515. The van der Waals surface area contributed by atoms with Crippen molar-refractivity contribution in [2.24, 2.45) is 4.99 Å². The van der Waals surface area contributed by atoms with Gasteiger partial charge in [0, 0.05) is 24.5 Å². The highest BCUT2D eigenvalue weighted by molar-refractivity contribution is 5.84. The van der Waals surface area contributed by atoms with E-state index in [0.717, 1.165) is 11.3 Å². The molecule has 0 fully saturated rings. The molecule has 1 aliphatic heterocycles. The molecule has 0 unspecified atom stereocenters. The quantitative estimate of drug-likeness (QED) is 0.627. The van der Waals surface area contributed by atoms with Gasteiger partial charge in [0.2, 0.25) is 0 Å². The van der Waals surface area contributed by atoms with Crippen LogP contribution in [-0.2, 0) is 6.54 Å². The third-order valence-electron chi connectivity index (χ3n) is 2.48. The zero-order valence-corrected chi connectivity index (χ0v) is 10.0. The molecule has 0 saturated heterocycles. The van der Waals surface area contributed by atoms with E-state index >= 15 is 0 Å². The smallest absolute Gasteiger partial charge is 0.132 e. The molecule has 4 nitrogen and oxygen atoms in total. The van der Waals surface area contributed by atoms with Gasteiger partial charge in [0.1, 0.15) is 5.76 Å². The predicted octanol–water partition coefficient (Wildman–Crippen LogP) is 2.14. The van der Waals surface area contributed by atoms with E-state index in [4.69, 9.17) is 0 Å². The van der Waals surface area contributed by atoms with Gasteiger partial charge < -0.3 is 10.4 Å². The molecule has 2 N–H and O–H groups in total. The minimum Gasteiger partial charge on any atom is -0.506 e. The molecule has 0 aliphatic carbocycles. The zero-order chi connectivity index (χ0) is 12.8. The molecular weight excluding hydrogens is 226 g/mol. The van der Waals surface area contributed by atoms with Crippen LogP contribution in [0.4, 0.5) is 0 Å². The molecule has 0 atom stereocenters. The molecular formula is C14H15N3O. The monoisotopic (exact) mass is 241 g/mol. The molecule has 1 aliphatic rings. The lowest BCUT2D eigenvalue weighted by Crippen LogP contribution is -2.20. The van der Waals surface area contributed by atoms with E-state index in [1.165, 1.54) is 0 Å². The van der Waals surface area contributed by atoms with Crippen LogP contribution < -0.4 is 5.32 Å². The lowest BCUT2D eigenvalue weighted by molar-refractivity contribution is 0.417. The van der Waals surface area contributed by atoms with Crippen LogP contribution in [0.1, 0.15) is 5.69 Å². The van der Waals surface area contributed by atoms with Crippen LogP contribution in [0.2, 0.25) is 0 Å². The first kappa shape index (κ1) is 12.1. The Labute approximate surface area is 106 Å². The summed E-state index contributed by atoms with van der Waals surface area (Å²) in [5, 5.41) is 12.5. The van der Waals surface area contributed by atoms with E-state index in [1.54, 1.807) is 12.4 Å². The molecule has 1 aromatic rings. The van der Waals surface area contributed by atoms with Gasteiger partial charge in [-0.2, -0.15) is 0 Å². The van der Waals surface area contributed by atoms with Crippen LogP contribution in [0.3, 0.4) is 0 Å². The van der Waals surface area contributed by atoms with E-state index < -0.39 is 0 Å². The number of aliphatic hydroxyl groups excluding tert-OH is 1. The van der Waals surface area contributed by atoms with Crippen LogP contribution in [0, 0.1) is 0 Å². The van der Waals surface area contributed by atoms with Gasteiger partial charge in [-0.15, -0.1) is 0 Å². The van der Waals surface area contributed by atoms with Crippen molar-refractivity contribution < 1.29 is 5.11 Å². The topological polar surface area (TPSA) is 57.5 Å². The summed E-state index contributed by atoms with van der Waals surface area (Å²) in [6.45, 7) is 4.73. The maximum atomic E-state index is 9.44. The third-order valence-corrected chi connectivity index (χ3v) is 2.48. The summed E-state index contributed by atoms with van der Waals surface area (Å²) in [6, 6.07) is 5.73. The number of nitrogens with zero attached hydrogens (tertiary/aromatic N) is 2. The molecule has 0 radical (unpaired) electrons. The lowest BCUT2D eigenvalue weighted by Gasteiger charge is -2.14. The Hall–Kier alpha value is -2.36. The highest BCUT2D eigenvalue weighted by Crippen LogP contribution is 2.11. The zero-order valence-electron chi connectivity index (χ0n) is 10.0. The Morgan fingerprint density at radius 2 is 2.44 bits per heavy atom. The molecule has 18 heavy (non-hydrogen) atoms. The summed E-state index contributed by atoms with van der Waals surface area (Å²) in [5.74, 6) is 0.0265. The average Bonchev–Trinajstić information content (AvgIpc) is 2.40. The number of hydrogen-bond donors (Lipinski definition) is 2. The summed E-state index contributed by atoms with van der Waals surface area (Å²) >= 11 is 0. The summed E-state index contributed by atoms with van der Waals surface area (Å²) in [4.78, 5) is 8.49. The van der Waals surface area contributed by atoms with Gasteiger partial charge in [0.05, 0.1) is 17.9 Å². The van der Waals surface area contributed by atoms with Gasteiger partial charge in [-0.3, -0.25) is 9.98 Å². The number of aromatic nitrogens is 1. The maximum absolute atomic E-state index is 9.44. The van der Waals surface area contributed by atoms with Crippen LogP contribution in [0.15, 0.2) is 65.1 Å². The lowest BCUT2D eigenvalue weighted by atomic mass is 10.1. The van der Waals surface area contributed by atoms with Crippen molar-refractivity contribution >= 4 is 6.21 Å². The van der Waals surface area contributed by atoms with Crippen molar-refractivity contribution in [3.05, 3.63) is 65.9 Å². The first-order valence-corrected chi connectivity index (χ1v) is 5.70. The molecule has 0 bridgehead atoms. The molecule has 1 aromatic heterocycles. The van der Waals surface area contributed by atoms with Gasteiger partial charge in [0.25, 0.3) is 0 Å². The summed E-state index contributed by atoms with van der Waals surface area (Å²) in [6.07, 6.45) is 7.34. The minimum absolute atomic E-state index is 0.0265. The average molecular weight is 241 g/mol. The number of allylic oxidation sites excluding steroid dienone is 2. The van der Waals surface area contributed by atoms with Gasteiger partial charge in [-0.25, -0.2) is 0 Å². The number of dihydropyridines is 1. The van der Waals surface area contributed by atoms with Crippen molar-refractivity contribution in [3.8, 4) is 0 Å². The summed E-state index contributed by atoms with van der Waals surface area (Å²) < 4.78 is 0. The Balaban J connectivity index is 2.08. The Morgan fingerprint density at radius 3 is 3.17 bits per heavy atom. The number of hydrogen-bond acceptors (Lipinski definition) is 4. The number of aliphatic imine (C=N–C) groups is 1. The number of aliphatic hydroxyl groups is 1. The number of rotatable bonds is 4. The molecule has 0 aromatic carbocycles. The second kappa shape index (κ2) is 5.82. The highest BCUT2D eigenvalue weighted by Gasteiger charge is 2.08. The molecule has 2 heterocycles. The van der Waals surface area contributed by atoms with Crippen LogP contribution in [0.5, 0.6) is 0 Å². The largest absolute Gasteiger partial charge is 0.506 e. The minimum atomic E-state index is 0.0265. The SMILES string of the molecule is C=C(O)C1=C(C=NCc2ccccn2)C=CCN1. The fraction of sp³-hybridized carbons (Fsp3) is 0.143. The summed E-state index contributed by atoms with van der Waals surface area (Å²) in [5.41, 5.74) is 2.36.